The molecule has 0 atom stereocenters. The van der Waals surface area contributed by atoms with Crippen LogP contribution in [0, 0.1) is 0 Å². The van der Waals surface area contributed by atoms with Crippen LogP contribution >= 0.6 is 0 Å². The maximum Gasteiger partial charge on any atom is 0.255 e. The number of aromatic hydroxyl groups is 2. The van der Waals surface area contributed by atoms with Crippen molar-refractivity contribution in [1.82, 2.24) is 14.9 Å². The molecule has 0 spiro atoms. The highest BCUT2D eigenvalue weighted by atomic mass is 16.3. The molecule has 2 aromatic rings. The van der Waals surface area contributed by atoms with Gasteiger partial charge in [0.25, 0.3) is 5.56 Å². The van der Waals surface area contributed by atoms with Crippen LogP contribution in [-0.2, 0) is 24.9 Å². The van der Waals surface area contributed by atoms with Crippen molar-refractivity contribution in [1.29, 1.82) is 0 Å². The van der Waals surface area contributed by atoms with E-state index >= 15 is 0 Å². The lowest BCUT2D eigenvalue weighted by atomic mass is 9.95. The maximum absolute atomic E-state index is 12.4. The fraction of sp³-hybridized carbons (Fsp3) is 0.444. The maximum atomic E-state index is 12.4. The van der Waals surface area contributed by atoms with Gasteiger partial charge in [0.1, 0.15) is 17.3 Å². The molecule has 1 aliphatic heterocycles. The molecule has 1 aliphatic rings. The summed E-state index contributed by atoms with van der Waals surface area (Å²) >= 11 is 0. The summed E-state index contributed by atoms with van der Waals surface area (Å²) in [4.78, 5) is 22.1. The summed E-state index contributed by atoms with van der Waals surface area (Å²) in [6.07, 6.45) is 0.710. The monoisotopic (exact) mass is 329 g/mol. The number of aromatic nitrogens is 2. The zero-order chi connectivity index (χ0) is 17.5. The zero-order valence-corrected chi connectivity index (χ0v) is 14.3. The third-order valence-electron chi connectivity index (χ3n) is 4.32. The standard InChI is InChI=1S/C18H23N3O3/c1-18(2,3)17-19-14-6-7-21(10-13(14)16(24)20-17)9-11-4-5-12(22)8-15(11)23/h4-5,8,22-23H,6-7,9-10H2,1-3H3,(H,19,20,24). The van der Waals surface area contributed by atoms with E-state index in [0.29, 0.717) is 25.1 Å². The molecule has 0 radical (unpaired) electrons. The second-order valence-electron chi connectivity index (χ2n) is 7.36. The second kappa shape index (κ2) is 5.94. The molecule has 0 fully saturated rings. The lowest BCUT2D eigenvalue weighted by Crippen LogP contribution is -2.37. The van der Waals surface area contributed by atoms with E-state index in [2.05, 4.69) is 14.9 Å². The first-order valence-corrected chi connectivity index (χ1v) is 8.10. The largest absolute Gasteiger partial charge is 0.508 e. The van der Waals surface area contributed by atoms with Crippen molar-refractivity contribution in [3.8, 4) is 11.5 Å². The molecule has 1 aromatic heterocycles. The topological polar surface area (TPSA) is 89.5 Å². The summed E-state index contributed by atoms with van der Waals surface area (Å²) in [5.41, 5.74) is 2.03. The van der Waals surface area contributed by atoms with E-state index in [4.69, 9.17) is 0 Å². The Bertz CT molecular complexity index is 821. The van der Waals surface area contributed by atoms with Crippen LogP contribution in [0.2, 0.25) is 0 Å². The molecule has 6 heteroatoms. The number of aromatic amines is 1. The number of nitrogens with zero attached hydrogens (tertiary/aromatic N) is 2. The number of rotatable bonds is 2. The Labute approximate surface area is 140 Å². The summed E-state index contributed by atoms with van der Waals surface area (Å²) in [6.45, 7) is 7.88. The molecule has 0 aliphatic carbocycles. The van der Waals surface area contributed by atoms with Gasteiger partial charge in [0, 0.05) is 43.1 Å². The first-order chi connectivity index (χ1) is 11.2. The summed E-state index contributed by atoms with van der Waals surface area (Å²) < 4.78 is 0. The van der Waals surface area contributed by atoms with Crippen molar-refractivity contribution in [3.05, 3.63) is 51.2 Å². The minimum absolute atomic E-state index is 0.0376. The SMILES string of the molecule is CC(C)(C)c1nc2c(c(=O)[nH]1)CN(Cc1ccc(O)cc1O)CC2. The van der Waals surface area contributed by atoms with Crippen LogP contribution in [0.4, 0.5) is 0 Å². The van der Waals surface area contributed by atoms with Crippen LogP contribution in [0.5, 0.6) is 11.5 Å². The molecule has 3 N–H and O–H groups in total. The summed E-state index contributed by atoms with van der Waals surface area (Å²) in [7, 11) is 0. The lowest BCUT2D eigenvalue weighted by Gasteiger charge is -2.29. The van der Waals surface area contributed by atoms with Crippen LogP contribution in [0.3, 0.4) is 0 Å². The summed E-state index contributed by atoms with van der Waals surface area (Å²) in [6, 6.07) is 4.58. The second-order valence-corrected chi connectivity index (χ2v) is 7.36. The van der Waals surface area contributed by atoms with Gasteiger partial charge >= 0.3 is 0 Å². The molecule has 0 saturated carbocycles. The van der Waals surface area contributed by atoms with E-state index in [1.54, 1.807) is 12.1 Å². The van der Waals surface area contributed by atoms with Crippen molar-refractivity contribution < 1.29 is 10.2 Å². The Hall–Kier alpha value is -2.34. The smallest absolute Gasteiger partial charge is 0.255 e. The van der Waals surface area contributed by atoms with Crippen LogP contribution in [0.15, 0.2) is 23.0 Å². The van der Waals surface area contributed by atoms with Crippen LogP contribution in [0.25, 0.3) is 0 Å². The van der Waals surface area contributed by atoms with Gasteiger partial charge in [0.2, 0.25) is 0 Å². The van der Waals surface area contributed by atoms with Crippen LogP contribution in [-0.4, -0.2) is 31.6 Å². The zero-order valence-electron chi connectivity index (χ0n) is 14.3. The number of benzene rings is 1. The lowest BCUT2D eigenvalue weighted by molar-refractivity contribution is 0.237. The predicted molar refractivity (Wildman–Crippen MR) is 91.1 cm³/mol. The highest BCUT2D eigenvalue weighted by molar-refractivity contribution is 5.39. The van der Waals surface area contributed by atoms with Crippen molar-refractivity contribution in [2.24, 2.45) is 0 Å². The highest BCUT2D eigenvalue weighted by Gasteiger charge is 2.25. The van der Waals surface area contributed by atoms with Gasteiger partial charge in [0.15, 0.2) is 0 Å². The van der Waals surface area contributed by atoms with E-state index in [9.17, 15) is 15.0 Å². The fourth-order valence-electron chi connectivity index (χ4n) is 2.90. The van der Waals surface area contributed by atoms with E-state index in [-0.39, 0.29) is 22.5 Å². The molecule has 0 bridgehead atoms. The third kappa shape index (κ3) is 3.28. The molecule has 0 amide bonds. The Balaban J connectivity index is 1.83. The molecule has 24 heavy (non-hydrogen) atoms. The Morgan fingerprint density at radius 1 is 1.29 bits per heavy atom. The molecular formula is C18H23N3O3. The molecular weight excluding hydrogens is 306 g/mol. The van der Waals surface area contributed by atoms with Gasteiger partial charge in [-0.15, -0.1) is 0 Å². The Morgan fingerprint density at radius 3 is 2.71 bits per heavy atom. The van der Waals surface area contributed by atoms with Gasteiger partial charge < -0.3 is 15.2 Å². The van der Waals surface area contributed by atoms with Crippen molar-refractivity contribution in [3.63, 3.8) is 0 Å². The van der Waals surface area contributed by atoms with Gasteiger partial charge in [-0.3, -0.25) is 9.69 Å². The van der Waals surface area contributed by atoms with Gasteiger partial charge in [0.05, 0.1) is 11.3 Å². The van der Waals surface area contributed by atoms with E-state index in [0.717, 1.165) is 23.6 Å². The van der Waals surface area contributed by atoms with Gasteiger partial charge in [-0.1, -0.05) is 26.8 Å². The Morgan fingerprint density at radius 2 is 2.04 bits per heavy atom. The van der Waals surface area contributed by atoms with Crippen molar-refractivity contribution in [2.75, 3.05) is 6.54 Å². The molecule has 6 nitrogen and oxygen atoms in total. The summed E-state index contributed by atoms with van der Waals surface area (Å²) in [5.74, 6) is 0.822. The van der Waals surface area contributed by atoms with Gasteiger partial charge in [-0.2, -0.15) is 0 Å². The van der Waals surface area contributed by atoms with Gasteiger partial charge in [-0.25, -0.2) is 4.98 Å². The molecule has 1 aromatic carbocycles. The summed E-state index contributed by atoms with van der Waals surface area (Å²) in [5, 5.41) is 19.3. The molecule has 0 saturated heterocycles. The number of H-pyrrole nitrogens is 1. The number of hydrogen-bond donors (Lipinski definition) is 3. The molecule has 3 rings (SSSR count). The van der Waals surface area contributed by atoms with E-state index < -0.39 is 0 Å². The van der Waals surface area contributed by atoms with E-state index in [1.807, 2.05) is 20.8 Å². The van der Waals surface area contributed by atoms with Crippen LogP contribution < -0.4 is 5.56 Å². The first-order valence-electron chi connectivity index (χ1n) is 8.10. The normalized spacial score (nSPS) is 15.3. The molecule has 128 valence electrons. The van der Waals surface area contributed by atoms with Crippen molar-refractivity contribution in [2.45, 2.75) is 45.7 Å². The fourth-order valence-corrected chi connectivity index (χ4v) is 2.90. The van der Waals surface area contributed by atoms with Crippen LogP contribution in [0.1, 0.15) is 43.4 Å². The van der Waals surface area contributed by atoms with Crippen molar-refractivity contribution >= 4 is 0 Å². The average Bonchev–Trinajstić information content (AvgIpc) is 2.49. The first kappa shape index (κ1) is 16.5. The minimum Gasteiger partial charge on any atom is -0.508 e. The van der Waals surface area contributed by atoms with E-state index in [1.165, 1.54) is 6.07 Å². The number of nitrogens with one attached hydrogen (secondary N) is 1. The highest BCUT2D eigenvalue weighted by Crippen LogP contribution is 2.26. The Kier molecular flexibility index (Phi) is 4.09. The third-order valence-corrected chi connectivity index (χ3v) is 4.32. The molecule has 2 heterocycles. The predicted octanol–water partition coefficient (Wildman–Crippen LogP) is 2.04. The number of phenols is 2. The minimum atomic E-state index is -0.191. The quantitative estimate of drug-likeness (QED) is 0.784. The average molecular weight is 329 g/mol. The molecule has 0 unspecified atom stereocenters. The number of phenolic OH excluding ortho intramolecular Hbond substituents is 2. The number of fused-ring (bicyclic) bond motifs is 1. The van der Waals surface area contributed by atoms with Gasteiger partial charge in [-0.05, 0) is 6.07 Å². The number of hydrogen-bond acceptors (Lipinski definition) is 5.